The highest BCUT2D eigenvalue weighted by Gasteiger charge is 2.50. The molecule has 0 atom stereocenters. The quantitative estimate of drug-likeness (QED) is 0.895. The highest BCUT2D eigenvalue weighted by atomic mass is 16.3. The Labute approximate surface area is 118 Å². The van der Waals surface area contributed by atoms with Crippen LogP contribution >= 0.6 is 0 Å². The molecular formula is C17H17NO2. The molecule has 102 valence electrons. The Balaban J connectivity index is 1.68. The number of rotatable bonds is 4. The molecule has 0 aromatic heterocycles. The Morgan fingerprint density at radius 1 is 1.10 bits per heavy atom. The minimum Gasteiger partial charge on any atom is -0.508 e. The van der Waals surface area contributed by atoms with E-state index in [0.29, 0.717) is 6.54 Å². The molecule has 0 heterocycles. The van der Waals surface area contributed by atoms with Crippen LogP contribution < -0.4 is 5.32 Å². The van der Waals surface area contributed by atoms with E-state index in [1.807, 2.05) is 36.4 Å². The van der Waals surface area contributed by atoms with Crippen molar-refractivity contribution in [2.24, 2.45) is 0 Å². The number of nitrogens with one attached hydrogen (secondary N) is 1. The predicted molar refractivity (Wildman–Crippen MR) is 77.3 cm³/mol. The second kappa shape index (κ2) is 5.00. The van der Waals surface area contributed by atoms with Gasteiger partial charge in [-0.25, -0.2) is 0 Å². The summed E-state index contributed by atoms with van der Waals surface area (Å²) >= 11 is 0. The Kier molecular flexibility index (Phi) is 3.18. The molecule has 1 aliphatic rings. The number of aromatic hydroxyl groups is 1. The molecule has 0 aliphatic heterocycles. The van der Waals surface area contributed by atoms with Crippen LogP contribution in [0, 0.1) is 0 Å². The van der Waals surface area contributed by atoms with Gasteiger partial charge in [0.15, 0.2) is 0 Å². The second-order valence-electron chi connectivity index (χ2n) is 5.30. The van der Waals surface area contributed by atoms with Crippen molar-refractivity contribution >= 4 is 5.91 Å². The zero-order chi connectivity index (χ0) is 14.0. The summed E-state index contributed by atoms with van der Waals surface area (Å²) in [5.41, 5.74) is 1.66. The third-order valence-electron chi connectivity index (χ3n) is 3.87. The molecule has 3 heteroatoms. The SMILES string of the molecule is O=C(NCc1cccc(O)c1)C1(c2ccccc2)CC1. The van der Waals surface area contributed by atoms with Crippen LogP contribution in [0.25, 0.3) is 0 Å². The molecule has 0 radical (unpaired) electrons. The van der Waals surface area contributed by atoms with Crippen LogP contribution in [-0.4, -0.2) is 11.0 Å². The summed E-state index contributed by atoms with van der Waals surface area (Å²) in [6.07, 6.45) is 1.81. The maximum Gasteiger partial charge on any atom is 0.230 e. The zero-order valence-corrected chi connectivity index (χ0v) is 11.2. The van der Waals surface area contributed by atoms with Crippen molar-refractivity contribution < 1.29 is 9.90 Å². The number of carbonyl (C=O) groups excluding carboxylic acids is 1. The van der Waals surface area contributed by atoms with Gasteiger partial charge in [-0.3, -0.25) is 4.79 Å². The molecule has 0 spiro atoms. The van der Waals surface area contributed by atoms with Gasteiger partial charge < -0.3 is 10.4 Å². The molecule has 1 aliphatic carbocycles. The van der Waals surface area contributed by atoms with Crippen molar-refractivity contribution in [2.45, 2.75) is 24.8 Å². The van der Waals surface area contributed by atoms with Crippen LogP contribution in [0.5, 0.6) is 5.75 Å². The van der Waals surface area contributed by atoms with E-state index >= 15 is 0 Å². The van der Waals surface area contributed by atoms with E-state index in [1.165, 1.54) is 0 Å². The van der Waals surface area contributed by atoms with Crippen LogP contribution in [0.4, 0.5) is 0 Å². The number of amides is 1. The molecule has 3 nitrogen and oxygen atoms in total. The summed E-state index contributed by atoms with van der Waals surface area (Å²) in [6.45, 7) is 0.446. The van der Waals surface area contributed by atoms with Crippen molar-refractivity contribution in [3.05, 3.63) is 65.7 Å². The van der Waals surface area contributed by atoms with Gasteiger partial charge in [0.1, 0.15) is 5.75 Å². The molecule has 3 rings (SSSR count). The molecule has 20 heavy (non-hydrogen) atoms. The number of phenolic OH excluding ortho intramolecular Hbond substituents is 1. The summed E-state index contributed by atoms with van der Waals surface area (Å²) < 4.78 is 0. The average Bonchev–Trinajstić information content (AvgIpc) is 3.27. The van der Waals surface area contributed by atoms with E-state index in [0.717, 1.165) is 24.0 Å². The number of hydrogen-bond donors (Lipinski definition) is 2. The van der Waals surface area contributed by atoms with Gasteiger partial charge in [-0.05, 0) is 36.1 Å². The first-order chi connectivity index (χ1) is 9.71. The largest absolute Gasteiger partial charge is 0.508 e. The lowest BCUT2D eigenvalue weighted by Gasteiger charge is -2.15. The fourth-order valence-corrected chi connectivity index (χ4v) is 2.55. The van der Waals surface area contributed by atoms with Crippen LogP contribution in [-0.2, 0) is 16.8 Å². The van der Waals surface area contributed by atoms with Crippen LogP contribution in [0.2, 0.25) is 0 Å². The lowest BCUT2D eigenvalue weighted by atomic mass is 9.95. The Hall–Kier alpha value is -2.29. The maximum atomic E-state index is 12.4. The van der Waals surface area contributed by atoms with Gasteiger partial charge in [0.25, 0.3) is 0 Å². The van der Waals surface area contributed by atoms with Gasteiger partial charge in [0.05, 0.1) is 5.41 Å². The summed E-state index contributed by atoms with van der Waals surface area (Å²) in [5.74, 6) is 0.299. The molecule has 2 N–H and O–H groups in total. The van der Waals surface area contributed by atoms with Gasteiger partial charge >= 0.3 is 0 Å². The standard InChI is InChI=1S/C17H17NO2/c19-15-8-4-5-13(11-15)12-18-16(20)17(9-10-17)14-6-2-1-3-7-14/h1-8,11,19H,9-10,12H2,(H,18,20). The van der Waals surface area contributed by atoms with Crippen molar-refractivity contribution in [2.75, 3.05) is 0 Å². The fraction of sp³-hybridized carbons (Fsp3) is 0.235. The number of carbonyl (C=O) groups is 1. The van der Waals surface area contributed by atoms with Crippen molar-refractivity contribution in [1.29, 1.82) is 0 Å². The normalized spacial score (nSPS) is 15.6. The minimum absolute atomic E-state index is 0.0760. The van der Waals surface area contributed by atoms with Gasteiger partial charge in [0, 0.05) is 6.54 Å². The highest BCUT2D eigenvalue weighted by molar-refractivity contribution is 5.91. The number of phenols is 1. The first-order valence-corrected chi connectivity index (χ1v) is 6.82. The van der Waals surface area contributed by atoms with Crippen LogP contribution in [0.1, 0.15) is 24.0 Å². The third kappa shape index (κ3) is 2.39. The lowest BCUT2D eigenvalue weighted by molar-refractivity contribution is -0.123. The predicted octanol–water partition coefficient (Wildman–Crippen LogP) is 2.74. The molecule has 2 aromatic rings. The molecule has 2 aromatic carbocycles. The molecule has 1 saturated carbocycles. The van der Waals surface area contributed by atoms with Crippen molar-refractivity contribution in [3.63, 3.8) is 0 Å². The first kappa shape index (κ1) is 12.7. The Morgan fingerprint density at radius 2 is 1.85 bits per heavy atom. The van der Waals surface area contributed by atoms with E-state index in [1.54, 1.807) is 18.2 Å². The highest BCUT2D eigenvalue weighted by Crippen LogP contribution is 2.48. The summed E-state index contributed by atoms with van der Waals surface area (Å²) in [5, 5.41) is 12.4. The van der Waals surface area contributed by atoms with Gasteiger partial charge in [-0.15, -0.1) is 0 Å². The van der Waals surface area contributed by atoms with Gasteiger partial charge in [0.2, 0.25) is 5.91 Å². The third-order valence-corrected chi connectivity index (χ3v) is 3.87. The molecule has 1 amide bonds. The molecular weight excluding hydrogens is 250 g/mol. The average molecular weight is 267 g/mol. The fourth-order valence-electron chi connectivity index (χ4n) is 2.55. The summed E-state index contributed by atoms with van der Waals surface area (Å²) in [6, 6.07) is 16.9. The van der Waals surface area contributed by atoms with E-state index < -0.39 is 0 Å². The number of hydrogen-bond acceptors (Lipinski definition) is 2. The molecule has 0 bridgehead atoms. The molecule has 0 unspecified atom stereocenters. The van der Waals surface area contributed by atoms with E-state index in [-0.39, 0.29) is 17.1 Å². The topological polar surface area (TPSA) is 49.3 Å². The van der Waals surface area contributed by atoms with E-state index in [2.05, 4.69) is 5.32 Å². The summed E-state index contributed by atoms with van der Waals surface area (Å²) in [7, 11) is 0. The monoisotopic (exact) mass is 267 g/mol. The molecule has 0 saturated heterocycles. The smallest absolute Gasteiger partial charge is 0.230 e. The van der Waals surface area contributed by atoms with E-state index in [9.17, 15) is 9.90 Å². The Bertz CT molecular complexity index is 618. The summed E-state index contributed by atoms with van der Waals surface area (Å²) in [4.78, 5) is 12.4. The van der Waals surface area contributed by atoms with Crippen LogP contribution in [0.3, 0.4) is 0 Å². The lowest BCUT2D eigenvalue weighted by Crippen LogP contribution is -2.34. The van der Waals surface area contributed by atoms with Crippen molar-refractivity contribution in [1.82, 2.24) is 5.32 Å². The van der Waals surface area contributed by atoms with Gasteiger partial charge in [-0.2, -0.15) is 0 Å². The molecule has 1 fully saturated rings. The first-order valence-electron chi connectivity index (χ1n) is 6.82. The zero-order valence-electron chi connectivity index (χ0n) is 11.2. The van der Waals surface area contributed by atoms with Crippen molar-refractivity contribution in [3.8, 4) is 5.75 Å². The second-order valence-corrected chi connectivity index (χ2v) is 5.30. The van der Waals surface area contributed by atoms with Crippen LogP contribution in [0.15, 0.2) is 54.6 Å². The minimum atomic E-state index is -0.335. The maximum absolute atomic E-state index is 12.4. The van der Waals surface area contributed by atoms with E-state index in [4.69, 9.17) is 0 Å². The number of benzene rings is 2. The Morgan fingerprint density at radius 3 is 2.50 bits per heavy atom. The van der Waals surface area contributed by atoms with Gasteiger partial charge in [-0.1, -0.05) is 42.5 Å².